The molecule has 0 fully saturated rings. The van der Waals surface area contributed by atoms with Gasteiger partial charge in [0.25, 0.3) is 11.8 Å². The summed E-state index contributed by atoms with van der Waals surface area (Å²) in [6.45, 7) is 8.31. The van der Waals surface area contributed by atoms with Crippen molar-refractivity contribution in [3.05, 3.63) is 161 Å². The number of anilines is 2. The fraction of sp³-hybridized carbons (Fsp3) is 0.0526. The predicted molar refractivity (Wildman–Crippen MR) is 174 cm³/mol. The molecule has 0 aliphatic carbocycles. The zero-order chi connectivity index (χ0) is 29.2. The molecule has 6 aromatic rings. The molecule has 0 unspecified atom stereocenters. The van der Waals surface area contributed by atoms with Crippen molar-refractivity contribution in [2.45, 2.75) is 13.8 Å². The van der Waals surface area contributed by atoms with Crippen LogP contribution in [0.5, 0.6) is 0 Å². The second kappa shape index (κ2) is 11.2. The molecule has 0 aliphatic rings. The second-order valence-electron chi connectivity index (χ2n) is 10.5. The summed E-state index contributed by atoms with van der Waals surface area (Å²) in [5.41, 5.74) is 7.15. The van der Waals surface area contributed by atoms with Gasteiger partial charge in [-0.15, -0.1) is 0 Å². The molecule has 0 atom stereocenters. The Morgan fingerprint density at radius 2 is 0.929 bits per heavy atom. The van der Waals surface area contributed by atoms with Crippen molar-refractivity contribution in [3.63, 3.8) is 0 Å². The van der Waals surface area contributed by atoms with E-state index in [2.05, 4.69) is 17.2 Å². The first-order chi connectivity index (χ1) is 20.4. The largest absolute Gasteiger partial charge is 0.322 e. The highest BCUT2D eigenvalue weighted by Gasteiger charge is 2.15. The van der Waals surface area contributed by atoms with Crippen LogP contribution in [0.4, 0.5) is 11.4 Å². The number of rotatable bonds is 6. The first-order valence-electron chi connectivity index (χ1n) is 13.9. The van der Waals surface area contributed by atoms with Crippen LogP contribution in [0.15, 0.2) is 128 Å². The first kappa shape index (κ1) is 26.7. The van der Waals surface area contributed by atoms with E-state index >= 15 is 0 Å². The fourth-order valence-corrected chi connectivity index (χ4v) is 5.28. The second-order valence-corrected chi connectivity index (χ2v) is 10.5. The molecule has 2 N–H and O–H groups in total. The Morgan fingerprint density at radius 1 is 0.524 bits per heavy atom. The van der Waals surface area contributed by atoms with E-state index in [1.165, 1.54) is 0 Å². The van der Waals surface area contributed by atoms with Crippen LogP contribution in [0.1, 0.15) is 43.0 Å². The minimum Gasteiger partial charge on any atom is -0.322 e. The molecule has 0 aliphatic heterocycles. The van der Waals surface area contributed by atoms with Crippen LogP contribution < -0.4 is 10.6 Å². The summed E-state index contributed by atoms with van der Waals surface area (Å²) in [5, 5.41) is 10.1. The number of nitrogens with one attached hydrogen (secondary N) is 2. The van der Waals surface area contributed by atoms with Gasteiger partial charge in [0, 0.05) is 22.5 Å². The fourth-order valence-electron chi connectivity index (χ4n) is 5.28. The lowest BCUT2D eigenvalue weighted by Gasteiger charge is -2.15. The molecule has 0 radical (unpaired) electrons. The van der Waals surface area contributed by atoms with Crippen molar-refractivity contribution in [3.8, 4) is 0 Å². The number of carbonyl (C=O) groups excluding carboxylic acids is 2. The smallest absolute Gasteiger partial charge is 0.256 e. The molecule has 0 spiro atoms. The highest BCUT2D eigenvalue weighted by Crippen LogP contribution is 2.30. The molecule has 0 bridgehead atoms. The monoisotopic (exact) mass is 546 g/mol. The van der Waals surface area contributed by atoms with Crippen molar-refractivity contribution in [2.24, 2.45) is 0 Å². The number of carbonyl (C=O) groups is 2. The first-order valence-corrected chi connectivity index (χ1v) is 13.9. The van der Waals surface area contributed by atoms with Gasteiger partial charge in [-0.05, 0) is 87.5 Å². The number of fused-ring (bicyclic) bond motifs is 2. The lowest BCUT2D eigenvalue weighted by atomic mass is 9.96. The average Bonchev–Trinajstić information content (AvgIpc) is 3.02. The lowest BCUT2D eigenvalue weighted by molar-refractivity contribution is 0.102. The van der Waals surface area contributed by atoms with Crippen LogP contribution in [0.2, 0.25) is 0 Å². The van der Waals surface area contributed by atoms with Crippen LogP contribution >= 0.6 is 0 Å². The molecule has 4 heteroatoms. The Bertz CT molecular complexity index is 1870. The molecule has 0 heterocycles. The van der Waals surface area contributed by atoms with Gasteiger partial charge in [0.15, 0.2) is 0 Å². The molecular formula is C38H30N2O2. The van der Waals surface area contributed by atoms with Crippen molar-refractivity contribution < 1.29 is 9.59 Å². The number of amides is 2. The predicted octanol–water partition coefficient (Wildman–Crippen LogP) is 9.18. The van der Waals surface area contributed by atoms with Crippen molar-refractivity contribution in [1.82, 2.24) is 0 Å². The number of benzene rings is 6. The number of aryl methyl sites for hydroxylation is 2. The molecule has 6 aromatic carbocycles. The standard InChI is InChI=1S/C38H30N2O2/c1-24-18-20-29(22-35(24)39-37(41)33-16-8-12-27-10-4-6-14-31(27)33)26(3)30-21-19-25(2)36(23-30)40-38(42)34-17-9-13-28-11-5-7-15-32(28)34/h4-23H,3H2,1-2H3,(H,39,41)(H,40,42). The van der Waals surface area contributed by atoms with Gasteiger partial charge in [0.1, 0.15) is 0 Å². The Balaban J connectivity index is 1.26. The topological polar surface area (TPSA) is 58.2 Å². The average molecular weight is 547 g/mol. The Morgan fingerprint density at radius 3 is 1.38 bits per heavy atom. The van der Waals surface area contributed by atoms with Crippen LogP contribution in [-0.2, 0) is 0 Å². The summed E-state index contributed by atoms with van der Waals surface area (Å²) >= 11 is 0. The third-order valence-electron chi connectivity index (χ3n) is 7.74. The molecule has 4 nitrogen and oxygen atoms in total. The Kier molecular flexibility index (Phi) is 7.12. The molecule has 42 heavy (non-hydrogen) atoms. The van der Waals surface area contributed by atoms with Gasteiger partial charge in [0.2, 0.25) is 0 Å². The van der Waals surface area contributed by atoms with E-state index in [0.717, 1.165) is 60.7 Å². The van der Waals surface area contributed by atoms with E-state index < -0.39 is 0 Å². The van der Waals surface area contributed by atoms with Gasteiger partial charge in [-0.25, -0.2) is 0 Å². The summed E-state index contributed by atoms with van der Waals surface area (Å²) < 4.78 is 0. The molecular weight excluding hydrogens is 516 g/mol. The molecule has 0 saturated heterocycles. The van der Waals surface area contributed by atoms with E-state index in [1.807, 2.05) is 135 Å². The highest BCUT2D eigenvalue weighted by molar-refractivity contribution is 6.14. The SMILES string of the molecule is C=C(c1ccc(C)c(NC(=O)c2cccc3ccccc23)c1)c1ccc(C)c(NC(=O)c2cccc3ccccc23)c1. The van der Waals surface area contributed by atoms with Gasteiger partial charge in [-0.3, -0.25) is 9.59 Å². The minimum atomic E-state index is -0.161. The Labute approximate surface area is 245 Å². The number of hydrogen-bond acceptors (Lipinski definition) is 2. The van der Waals surface area contributed by atoms with Crippen molar-refractivity contribution in [1.29, 1.82) is 0 Å². The summed E-state index contributed by atoms with van der Waals surface area (Å²) in [6.07, 6.45) is 0. The van der Waals surface area contributed by atoms with Gasteiger partial charge in [0.05, 0.1) is 0 Å². The molecule has 0 aromatic heterocycles. The van der Waals surface area contributed by atoms with Gasteiger partial charge in [-0.2, -0.15) is 0 Å². The van der Waals surface area contributed by atoms with E-state index in [1.54, 1.807) is 0 Å². The third kappa shape index (κ3) is 5.18. The normalized spacial score (nSPS) is 10.9. The van der Waals surface area contributed by atoms with E-state index in [4.69, 9.17) is 0 Å². The maximum atomic E-state index is 13.3. The van der Waals surface area contributed by atoms with Gasteiger partial charge >= 0.3 is 0 Å². The van der Waals surface area contributed by atoms with Crippen molar-refractivity contribution in [2.75, 3.05) is 10.6 Å². The molecule has 6 rings (SSSR count). The lowest BCUT2D eigenvalue weighted by Crippen LogP contribution is -2.14. The summed E-state index contributed by atoms with van der Waals surface area (Å²) in [7, 11) is 0. The van der Waals surface area contributed by atoms with Crippen LogP contribution in [0, 0.1) is 13.8 Å². The highest BCUT2D eigenvalue weighted by atomic mass is 16.2. The van der Waals surface area contributed by atoms with Crippen LogP contribution in [0.25, 0.3) is 27.1 Å². The molecule has 204 valence electrons. The summed E-state index contributed by atoms with van der Waals surface area (Å²) in [6, 6.07) is 39.1. The van der Waals surface area contributed by atoms with Crippen LogP contribution in [0.3, 0.4) is 0 Å². The van der Waals surface area contributed by atoms with Gasteiger partial charge < -0.3 is 10.6 Å². The maximum absolute atomic E-state index is 13.3. The van der Waals surface area contributed by atoms with Crippen molar-refractivity contribution >= 4 is 50.3 Å². The zero-order valence-corrected chi connectivity index (χ0v) is 23.6. The Hall–Kier alpha value is -5.48. The van der Waals surface area contributed by atoms with Gasteiger partial charge in [-0.1, -0.05) is 104 Å². The number of hydrogen-bond donors (Lipinski definition) is 2. The van der Waals surface area contributed by atoms with E-state index in [0.29, 0.717) is 11.1 Å². The van der Waals surface area contributed by atoms with E-state index in [-0.39, 0.29) is 11.8 Å². The third-order valence-corrected chi connectivity index (χ3v) is 7.74. The zero-order valence-electron chi connectivity index (χ0n) is 23.6. The summed E-state index contributed by atoms with van der Waals surface area (Å²) in [4.78, 5) is 26.7. The minimum absolute atomic E-state index is 0.161. The molecule has 2 amide bonds. The van der Waals surface area contributed by atoms with Crippen LogP contribution in [-0.4, -0.2) is 11.8 Å². The quantitative estimate of drug-likeness (QED) is 0.219. The molecule has 0 saturated carbocycles. The maximum Gasteiger partial charge on any atom is 0.256 e. The summed E-state index contributed by atoms with van der Waals surface area (Å²) in [5.74, 6) is -0.321. The van der Waals surface area contributed by atoms with E-state index in [9.17, 15) is 9.59 Å².